The fourth-order valence-electron chi connectivity index (χ4n) is 1.90. The van der Waals surface area contributed by atoms with Crippen LogP contribution in [0.15, 0.2) is 0 Å². The maximum absolute atomic E-state index is 11.9. The molecule has 0 aromatic rings. The van der Waals surface area contributed by atoms with Crippen LogP contribution >= 0.6 is 11.8 Å². The normalized spacial score (nSPS) is 20.7. The molecule has 8 nitrogen and oxygen atoms in total. The fourth-order valence-corrected chi connectivity index (χ4v) is 3.05. The zero-order chi connectivity index (χ0) is 16.5. The molecular weight excluding hydrogens is 308 g/mol. The Morgan fingerprint density at radius 2 is 2.00 bits per heavy atom. The van der Waals surface area contributed by atoms with Crippen molar-refractivity contribution in [2.75, 3.05) is 25.9 Å². The lowest BCUT2D eigenvalue weighted by molar-refractivity contribution is -0.129. The van der Waals surface area contributed by atoms with E-state index in [-0.39, 0.29) is 43.0 Å². The molecule has 1 aliphatic rings. The Morgan fingerprint density at radius 3 is 2.59 bits per heavy atom. The second-order valence-corrected chi connectivity index (χ2v) is 5.99. The maximum atomic E-state index is 11.9. The van der Waals surface area contributed by atoms with E-state index in [9.17, 15) is 19.2 Å². The van der Waals surface area contributed by atoms with E-state index < -0.39 is 11.3 Å². The third kappa shape index (κ3) is 5.92. The zero-order valence-corrected chi connectivity index (χ0v) is 13.5. The summed E-state index contributed by atoms with van der Waals surface area (Å²) in [4.78, 5) is 46.3. The molecule has 9 heteroatoms. The van der Waals surface area contributed by atoms with Crippen LogP contribution in [-0.2, 0) is 19.2 Å². The number of likely N-dealkylation sites (N-methyl/N-ethyl adjacent to an activating group) is 1. The van der Waals surface area contributed by atoms with Crippen LogP contribution in [0.1, 0.15) is 19.8 Å². The number of rotatable bonds is 7. The first-order valence-corrected chi connectivity index (χ1v) is 8.19. The van der Waals surface area contributed by atoms with Crippen LogP contribution in [0.3, 0.4) is 0 Å². The van der Waals surface area contributed by atoms with Gasteiger partial charge in [0.15, 0.2) is 0 Å². The number of carbonyl (C=O) groups is 4. The van der Waals surface area contributed by atoms with Gasteiger partial charge >= 0.3 is 0 Å². The first kappa shape index (κ1) is 18.3. The van der Waals surface area contributed by atoms with Crippen LogP contribution in [0.25, 0.3) is 0 Å². The first-order valence-electron chi connectivity index (χ1n) is 7.14. The van der Waals surface area contributed by atoms with Crippen molar-refractivity contribution in [1.29, 1.82) is 0 Å². The molecule has 1 heterocycles. The predicted octanol–water partition coefficient (Wildman–Crippen LogP) is -1.63. The van der Waals surface area contributed by atoms with Crippen molar-refractivity contribution in [1.82, 2.24) is 21.3 Å². The number of nitrogens with one attached hydrogen (secondary N) is 4. The second-order valence-electron chi connectivity index (χ2n) is 4.75. The summed E-state index contributed by atoms with van der Waals surface area (Å²) < 4.78 is 0. The lowest BCUT2D eigenvalue weighted by atomic mass is 10.2. The first-order chi connectivity index (χ1) is 10.5. The molecule has 2 atom stereocenters. The van der Waals surface area contributed by atoms with Crippen molar-refractivity contribution < 1.29 is 19.2 Å². The van der Waals surface area contributed by atoms with E-state index >= 15 is 0 Å². The largest absolute Gasteiger partial charge is 0.357 e. The monoisotopic (exact) mass is 330 g/mol. The standard InChI is InChI=1S/C13H22N4O4S/c1-3-15-10(18)4-5-16-11(19)6-9-13(21)17-8(7-22-9)12(20)14-2/h8-9H,3-7H2,1-2H3,(H,14,20)(H,15,18)(H,16,19)(H,17,21)/t8-,9?/m0/s1. The summed E-state index contributed by atoms with van der Waals surface area (Å²) in [6, 6.07) is -0.556. The topological polar surface area (TPSA) is 116 Å². The molecule has 1 rings (SSSR count). The molecular formula is C13H22N4O4S. The van der Waals surface area contributed by atoms with Crippen molar-refractivity contribution in [3.63, 3.8) is 0 Å². The highest BCUT2D eigenvalue weighted by Crippen LogP contribution is 2.20. The third-order valence-electron chi connectivity index (χ3n) is 3.05. The molecule has 0 saturated carbocycles. The minimum atomic E-state index is -0.556. The Labute approximate surface area is 133 Å². The smallest absolute Gasteiger partial charge is 0.243 e. The Bertz CT molecular complexity index is 444. The molecule has 0 radical (unpaired) electrons. The molecule has 0 spiro atoms. The van der Waals surface area contributed by atoms with Crippen LogP contribution in [0.4, 0.5) is 0 Å². The van der Waals surface area contributed by atoms with Crippen molar-refractivity contribution in [3.8, 4) is 0 Å². The lowest BCUT2D eigenvalue weighted by Gasteiger charge is -2.27. The number of amides is 4. The molecule has 4 amide bonds. The van der Waals surface area contributed by atoms with Gasteiger partial charge in [0.2, 0.25) is 23.6 Å². The Morgan fingerprint density at radius 1 is 1.27 bits per heavy atom. The van der Waals surface area contributed by atoms with Gasteiger partial charge in [-0.15, -0.1) is 11.8 Å². The minimum Gasteiger partial charge on any atom is -0.357 e. The molecule has 124 valence electrons. The van der Waals surface area contributed by atoms with E-state index in [1.54, 1.807) is 0 Å². The highest BCUT2D eigenvalue weighted by Gasteiger charge is 2.33. The van der Waals surface area contributed by atoms with Crippen molar-refractivity contribution in [3.05, 3.63) is 0 Å². The van der Waals surface area contributed by atoms with Gasteiger partial charge in [0.05, 0.1) is 5.25 Å². The molecule has 22 heavy (non-hydrogen) atoms. The van der Waals surface area contributed by atoms with Crippen molar-refractivity contribution in [2.45, 2.75) is 31.1 Å². The second kappa shape index (κ2) is 9.29. The molecule has 1 fully saturated rings. The maximum Gasteiger partial charge on any atom is 0.243 e. The SMILES string of the molecule is CCNC(=O)CCNC(=O)CC1SC[C@@H](C(=O)NC)NC1=O. The summed E-state index contributed by atoms with van der Waals surface area (Å²) in [5, 5.41) is 9.81. The number of thioether (sulfide) groups is 1. The summed E-state index contributed by atoms with van der Waals surface area (Å²) in [6.45, 7) is 2.62. The van der Waals surface area contributed by atoms with Crippen molar-refractivity contribution in [2.24, 2.45) is 0 Å². The van der Waals surface area contributed by atoms with Crippen LogP contribution in [0, 0.1) is 0 Å². The van der Waals surface area contributed by atoms with E-state index in [2.05, 4.69) is 21.3 Å². The van der Waals surface area contributed by atoms with Crippen LogP contribution < -0.4 is 21.3 Å². The quantitative estimate of drug-likeness (QED) is 0.447. The van der Waals surface area contributed by atoms with Gasteiger partial charge < -0.3 is 21.3 Å². The Kier molecular flexibility index (Phi) is 7.72. The van der Waals surface area contributed by atoms with Gasteiger partial charge in [0, 0.05) is 38.7 Å². The highest BCUT2D eigenvalue weighted by molar-refractivity contribution is 8.00. The van der Waals surface area contributed by atoms with Crippen molar-refractivity contribution >= 4 is 35.4 Å². The van der Waals surface area contributed by atoms with E-state index in [1.165, 1.54) is 18.8 Å². The molecule has 0 aromatic heterocycles. The molecule has 1 saturated heterocycles. The predicted molar refractivity (Wildman–Crippen MR) is 83.2 cm³/mol. The lowest BCUT2D eigenvalue weighted by Crippen LogP contribution is -2.54. The molecule has 0 bridgehead atoms. The Hall–Kier alpha value is -1.77. The summed E-state index contributed by atoms with van der Waals surface area (Å²) in [7, 11) is 1.51. The zero-order valence-electron chi connectivity index (χ0n) is 12.7. The van der Waals surface area contributed by atoms with Gasteiger partial charge in [-0.3, -0.25) is 19.2 Å². The minimum absolute atomic E-state index is 0.0341. The molecule has 1 unspecified atom stereocenters. The van der Waals surface area contributed by atoms with Gasteiger partial charge in [-0.2, -0.15) is 0 Å². The van der Waals surface area contributed by atoms with Crippen LogP contribution in [-0.4, -0.2) is 60.8 Å². The third-order valence-corrected chi connectivity index (χ3v) is 4.36. The number of hydrogen-bond acceptors (Lipinski definition) is 5. The van der Waals surface area contributed by atoms with Gasteiger partial charge in [-0.05, 0) is 6.92 Å². The molecule has 1 aliphatic heterocycles. The molecule has 0 aromatic carbocycles. The number of carbonyl (C=O) groups excluding carboxylic acids is 4. The average Bonchev–Trinajstić information content (AvgIpc) is 2.48. The summed E-state index contributed by atoms with van der Waals surface area (Å²) in [5.74, 6) is -0.534. The van der Waals surface area contributed by atoms with E-state index in [4.69, 9.17) is 0 Å². The van der Waals surface area contributed by atoms with E-state index in [0.717, 1.165) is 0 Å². The summed E-state index contributed by atoms with van der Waals surface area (Å²) >= 11 is 1.29. The Balaban J connectivity index is 2.29. The van der Waals surface area contributed by atoms with Gasteiger partial charge in [-0.1, -0.05) is 0 Å². The summed E-state index contributed by atoms with van der Waals surface area (Å²) in [6.07, 6.45) is 0.245. The molecule has 4 N–H and O–H groups in total. The molecule has 0 aliphatic carbocycles. The average molecular weight is 330 g/mol. The fraction of sp³-hybridized carbons (Fsp3) is 0.692. The van der Waals surface area contributed by atoms with Crippen LogP contribution in [0.5, 0.6) is 0 Å². The highest BCUT2D eigenvalue weighted by atomic mass is 32.2. The summed E-state index contributed by atoms with van der Waals surface area (Å²) in [5.41, 5.74) is 0. The van der Waals surface area contributed by atoms with E-state index in [1.807, 2.05) is 6.92 Å². The number of hydrogen-bond donors (Lipinski definition) is 4. The van der Waals surface area contributed by atoms with Gasteiger partial charge in [0.25, 0.3) is 0 Å². The van der Waals surface area contributed by atoms with Crippen LogP contribution in [0.2, 0.25) is 0 Å². The van der Waals surface area contributed by atoms with E-state index in [0.29, 0.717) is 12.3 Å². The van der Waals surface area contributed by atoms with Gasteiger partial charge in [-0.25, -0.2) is 0 Å². The van der Waals surface area contributed by atoms with Gasteiger partial charge in [0.1, 0.15) is 6.04 Å².